The van der Waals surface area contributed by atoms with Crippen LogP contribution in [0.15, 0.2) is 18.3 Å². The molecule has 1 fully saturated rings. The van der Waals surface area contributed by atoms with Gasteiger partial charge in [-0.2, -0.15) is 0 Å². The number of nitrogens with zero attached hydrogens (tertiary/aromatic N) is 2. The standard InChI is InChI=1S/C14H23N3/c1-11-5-3-7-13(9-11)17(2)10-12-6-4-8-16-14(12)15/h4,6,8,11,13H,3,5,7,9-10H2,1-2H3,(H2,15,16). The normalized spacial score (nSPS) is 25.1. The zero-order chi connectivity index (χ0) is 12.3. The second kappa shape index (κ2) is 5.50. The summed E-state index contributed by atoms with van der Waals surface area (Å²) < 4.78 is 0. The van der Waals surface area contributed by atoms with Crippen molar-refractivity contribution in [3.8, 4) is 0 Å². The fourth-order valence-corrected chi connectivity index (χ4v) is 2.78. The van der Waals surface area contributed by atoms with Crippen molar-refractivity contribution < 1.29 is 0 Å². The van der Waals surface area contributed by atoms with E-state index in [0.29, 0.717) is 11.9 Å². The summed E-state index contributed by atoms with van der Waals surface area (Å²) in [5, 5.41) is 0. The first-order chi connectivity index (χ1) is 8.16. The lowest BCUT2D eigenvalue weighted by Crippen LogP contribution is -2.35. The maximum absolute atomic E-state index is 5.89. The Kier molecular flexibility index (Phi) is 4.00. The molecule has 1 heterocycles. The maximum atomic E-state index is 5.89. The number of hydrogen-bond acceptors (Lipinski definition) is 3. The van der Waals surface area contributed by atoms with Gasteiger partial charge >= 0.3 is 0 Å². The first-order valence-corrected chi connectivity index (χ1v) is 6.56. The van der Waals surface area contributed by atoms with Crippen molar-refractivity contribution in [2.24, 2.45) is 5.92 Å². The molecule has 0 radical (unpaired) electrons. The average molecular weight is 233 g/mol. The van der Waals surface area contributed by atoms with Crippen molar-refractivity contribution in [3.05, 3.63) is 23.9 Å². The highest BCUT2D eigenvalue weighted by molar-refractivity contribution is 5.38. The Balaban J connectivity index is 1.96. The topological polar surface area (TPSA) is 42.2 Å². The van der Waals surface area contributed by atoms with Crippen molar-refractivity contribution in [1.82, 2.24) is 9.88 Å². The first-order valence-electron chi connectivity index (χ1n) is 6.56. The zero-order valence-corrected chi connectivity index (χ0v) is 10.9. The minimum absolute atomic E-state index is 0.670. The number of pyridine rings is 1. The van der Waals surface area contributed by atoms with Gasteiger partial charge in [0.25, 0.3) is 0 Å². The molecule has 0 aliphatic heterocycles. The van der Waals surface area contributed by atoms with Crippen molar-refractivity contribution in [3.63, 3.8) is 0 Å². The van der Waals surface area contributed by atoms with Gasteiger partial charge in [-0.15, -0.1) is 0 Å². The Morgan fingerprint density at radius 3 is 3.00 bits per heavy atom. The Hall–Kier alpha value is -1.09. The van der Waals surface area contributed by atoms with Gasteiger partial charge < -0.3 is 5.73 Å². The van der Waals surface area contributed by atoms with Crippen LogP contribution < -0.4 is 5.73 Å². The van der Waals surface area contributed by atoms with Gasteiger partial charge in [0.1, 0.15) is 5.82 Å². The van der Waals surface area contributed by atoms with E-state index < -0.39 is 0 Å². The third-order valence-corrected chi connectivity index (χ3v) is 3.88. The summed E-state index contributed by atoms with van der Waals surface area (Å²) in [5.74, 6) is 1.53. The molecule has 1 aromatic heterocycles. The third-order valence-electron chi connectivity index (χ3n) is 3.88. The van der Waals surface area contributed by atoms with Crippen LogP contribution in [0.2, 0.25) is 0 Å². The molecule has 1 saturated carbocycles. The molecule has 94 valence electrons. The fourth-order valence-electron chi connectivity index (χ4n) is 2.78. The molecule has 17 heavy (non-hydrogen) atoms. The quantitative estimate of drug-likeness (QED) is 0.872. The van der Waals surface area contributed by atoms with E-state index in [9.17, 15) is 0 Å². The molecule has 3 heteroatoms. The fraction of sp³-hybridized carbons (Fsp3) is 0.643. The number of aromatic nitrogens is 1. The van der Waals surface area contributed by atoms with Crippen LogP contribution >= 0.6 is 0 Å². The van der Waals surface area contributed by atoms with Crippen LogP contribution in [0.1, 0.15) is 38.2 Å². The van der Waals surface area contributed by atoms with Crippen LogP contribution in [0.4, 0.5) is 5.82 Å². The van der Waals surface area contributed by atoms with Gasteiger partial charge in [-0.05, 0) is 31.9 Å². The van der Waals surface area contributed by atoms with Crippen molar-refractivity contribution in [1.29, 1.82) is 0 Å². The van der Waals surface area contributed by atoms with E-state index in [2.05, 4.69) is 29.9 Å². The van der Waals surface area contributed by atoms with E-state index in [0.717, 1.165) is 18.0 Å². The molecule has 1 aromatic rings. The second-order valence-corrected chi connectivity index (χ2v) is 5.39. The predicted octanol–water partition coefficient (Wildman–Crippen LogP) is 2.67. The van der Waals surface area contributed by atoms with E-state index in [4.69, 9.17) is 5.73 Å². The van der Waals surface area contributed by atoms with Crippen molar-refractivity contribution in [2.45, 2.75) is 45.2 Å². The van der Waals surface area contributed by atoms with Gasteiger partial charge in [-0.25, -0.2) is 4.98 Å². The minimum atomic E-state index is 0.670. The largest absolute Gasteiger partial charge is 0.383 e. The molecule has 2 unspecified atom stereocenters. The third kappa shape index (κ3) is 3.19. The second-order valence-electron chi connectivity index (χ2n) is 5.39. The van der Waals surface area contributed by atoms with Crippen LogP contribution in [0, 0.1) is 5.92 Å². The molecule has 2 N–H and O–H groups in total. The molecule has 1 aliphatic carbocycles. The first kappa shape index (κ1) is 12.4. The highest BCUT2D eigenvalue weighted by atomic mass is 15.1. The van der Waals surface area contributed by atoms with Crippen LogP contribution in [-0.4, -0.2) is 23.0 Å². The zero-order valence-electron chi connectivity index (χ0n) is 10.9. The molecule has 3 nitrogen and oxygen atoms in total. The number of anilines is 1. The lowest BCUT2D eigenvalue weighted by Gasteiger charge is -2.34. The Morgan fingerprint density at radius 2 is 2.29 bits per heavy atom. The SMILES string of the molecule is CC1CCCC(N(C)Cc2cccnc2N)C1. The number of nitrogen functional groups attached to an aromatic ring is 1. The lowest BCUT2D eigenvalue weighted by atomic mass is 9.86. The number of rotatable bonds is 3. The Morgan fingerprint density at radius 1 is 1.47 bits per heavy atom. The van der Waals surface area contributed by atoms with Gasteiger partial charge in [-0.3, -0.25) is 4.90 Å². The van der Waals surface area contributed by atoms with Crippen LogP contribution in [-0.2, 0) is 6.54 Å². The minimum Gasteiger partial charge on any atom is -0.383 e. The summed E-state index contributed by atoms with van der Waals surface area (Å²) in [5.41, 5.74) is 7.03. The predicted molar refractivity (Wildman–Crippen MR) is 71.5 cm³/mol. The summed E-state index contributed by atoms with van der Waals surface area (Å²) in [4.78, 5) is 6.58. The van der Waals surface area contributed by atoms with E-state index in [1.807, 2.05) is 6.07 Å². The van der Waals surface area contributed by atoms with Crippen LogP contribution in [0.5, 0.6) is 0 Å². The summed E-state index contributed by atoms with van der Waals surface area (Å²) in [6, 6.07) is 4.74. The van der Waals surface area contributed by atoms with E-state index in [-0.39, 0.29) is 0 Å². The summed E-state index contributed by atoms with van der Waals surface area (Å²) in [6.07, 6.45) is 7.14. The summed E-state index contributed by atoms with van der Waals surface area (Å²) in [6.45, 7) is 3.27. The van der Waals surface area contributed by atoms with E-state index >= 15 is 0 Å². The van der Waals surface area contributed by atoms with Gasteiger partial charge in [0.2, 0.25) is 0 Å². The molecule has 0 aromatic carbocycles. The van der Waals surface area contributed by atoms with Gasteiger partial charge in [0.15, 0.2) is 0 Å². The smallest absolute Gasteiger partial charge is 0.127 e. The number of nitrogens with two attached hydrogens (primary N) is 1. The Bertz CT molecular complexity index is 364. The van der Waals surface area contributed by atoms with Crippen molar-refractivity contribution >= 4 is 5.82 Å². The molecule has 1 aliphatic rings. The molecule has 0 amide bonds. The molecular weight excluding hydrogens is 210 g/mol. The van der Waals surface area contributed by atoms with Gasteiger partial charge in [-0.1, -0.05) is 25.8 Å². The molecule has 0 spiro atoms. The molecule has 0 saturated heterocycles. The average Bonchev–Trinajstić information content (AvgIpc) is 2.32. The lowest BCUT2D eigenvalue weighted by molar-refractivity contribution is 0.158. The van der Waals surface area contributed by atoms with Crippen molar-refractivity contribution in [2.75, 3.05) is 12.8 Å². The molecule has 2 rings (SSSR count). The molecule has 0 bridgehead atoms. The van der Waals surface area contributed by atoms with Crippen LogP contribution in [0.25, 0.3) is 0 Å². The van der Waals surface area contributed by atoms with Gasteiger partial charge in [0.05, 0.1) is 0 Å². The van der Waals surface area contributed by atoms with Gasteiger partial charge in [0, 0.05) is 24.3 Å². The summed E-state index contributed by atoms with van der Waals surface area (Å²) in [7, 11) is 2.20. The van der Waals surface area contributed by atoms with E-state index in [1.165, 1.54) is 25.7 Å². The maximum Gasteiger partial charge on any atom is 0.127 e. The highest BCUT2D eigenvalue weighted by Gasteiger charge is 2.22. The Labute approximate surface area is 104 Å². The van der Waals surface area contributed by atoms with E-state index in [1.54, 1.807) is 6.20 Å². The molecule has 2 atom stereocenters. The molecular formula is C14H23N3. The highest BCUT2D eigenvalue weighted by Crippen LogP contribution is 2.27. The summed E-state index contributed by atoms with van der Waals surface area (Å²) >= 11 is 0. The number of hydrogen-bond donors (Lipinski definition) is 1. The monoisotopic (exact) mass is 233 g/mol. The van der Waals surface area contributed by atoms with Crippen LogP contribution in [0.3, 0.4) is 0 Å².